The van der Waals surface area contributed by atoms with E-state index in [1.165, 1.54) is 24.3 Å². The molecule has 10 heteroatoms. The van der Waals surface area contributed by atoms with Crippen molar-refractivity contribution in [3.8, 4) is 0 Å². The fourth-order valence-corrected chi connectivity index (χ4v) is 4.73. The van der Waals surface area contributed by atoms with E-state index in [1.54, 1.807) is 0 Å². The number of sulfone groups is 2. The van der Waals surface area contributed by atoms with E-state index in [1.807, 2.05) is 0 Å². The van der Waals surface area contributed by atoms with Crippen molar-refractivity contribution in [1.29, 1.82) is 0 Å². The van der Waals surface area contributed by atoms with E-state index < -0.39 is 37.2 Å². The van der Waals surface area contributed by atoms with Gasteiger partial charge in [-0.25, -0.2) is 26.0 Å². The van der Waals surface area contributed by atoms with Gasteiger partial charge in [-0.3, -0.25) is 0 Å². The van der Waals surface area contributed by atoms with Crippen LogP contribution in [-0.2, 0) is 19.7 Å². The van der Waals surface area contributed by atoms with Gasteiger partial charge in [-0.1, -0.05) is 0 Å². The number of hydrogen-bond acceptors (Lipinski definition) is 5. The quantitative estimate of drug-likeness (QED) is 0.816. The topological polar surface area (TPSA) is 109 Å². The van der Waals surface area contributed by atoms with Gasteiger partial charge in [0.1, 0.15) is 5.67 Å². The summed E-state index contributed by atoms with van der Waals surface area (Å²) >= 11 is 0. The second-order valence-corrected chi connectivity index (χ2v) is 10.4. The highest BCUT2D eigenvalue weighted by molar-refractivity contribution is 7.91. The Morgan fingerprint density at radius 3 is 2.04 bits per heavy atom. The van der Waals surface area contributed by atoms with E-state index in [4.69, 9.17) is 5.11 Å². The van der Waals surface area contributed by atoms with Crippen LogP contribution < -0.4 is 0 Å². The van der Waals surface area contributed by atoms with Gasteiger partial charge in [0.25, 0.3) is 0 Å². The standard InChI is InChI=1S/C15H20FNO6S2/c1-24(20,21)12-2-4-13(5-3-12)25(22,23)11-8-15(16)6-9-17(10-7-15)14(18)19/h2-5H,6-11H2,1H3,(H,18,19). The molecule has 0 bridgehead atoms. The van der Waals surface area contributed by atoms with Crippen LogP contribution >= 0.6 is 0 Å². The average Bonchev–Trinajstić information content (AvgIpc) is 2.53. The molecule has 1 heterocycles. The third-order valence-electron chi connectivity index (χ3n) is 4.36. The minimum absolute atomic E-state index is 0.00875. The minimum Gasteiger partial charge on any atom is -0.465 e. The van der Waals surface area contributed by atoms with E-state index in [2.05, 4.69) is 0 Å². The number of carbonyl (C=O) groups is 1. The largest absolute Gasteiger partial charge is 0.465 e. The first kappa shape index (κ1) is 19.6. The molecule has 0 unspecified atom stereocenters. The van der Waals surface area contributed by atoms with Gasteiger partial charge < -0.3 is 10.0 Å². The van der Waals surface area contributed by atoms with Crippen LogP contribution in [0.15, 0.2) is 34.1 Å². The maximum Gasteiger partial charge on any atom is 0.407 e. The van der Waals surface area contributed by atoms with E-state index in [0.717, 1.165) is 11.2 Å². The van der Waals surface area contributed by atoms with Crippen molar-refractivity contribution in [1.82, 2.24) is 4.90 Å². The van der Waals surface area contributed by atoms with Gasteiger partial charge in [-0.05, 0) is 43.5 Å². The zero-order valence-corrected chi connectivity index (χ0v) is 15.3. The van der Waals surface area contributed by atoms with E-state index in [0.29, 0.717) is 0 Å². The zero-order chi connectivity index (χ0) is 18.9. The van der Waals surface area contributed by atoms with Crippen LogP contribution in [0.1, 0.15) is 19.3 Å². The second kappa shape index (κ2) is 6.91. The molecule has 0 saturated carbocycles. The molecule has 1 N–H and O–H groups in total. The van der Waals surface area contributed by atoms with Crippen molar-refractivity contribution < 1.29 is 31.1 Å². The molecule has 0 radical (unpaired) electrons. The summed E-state index contributed by atoms with van der Waals surface area (Å²) < 4.78 is 62.2. The maximum atomic E-state index is 14.7. The number of hydrogen-bond donors (Lipinski definition) is 1. The zero-order valence-electron chi connectivity index (χ0n) is 13.7. The Morgan fingerprint density at radius 1 is 1.12 bits per heavy atom. The number of nitrogens with zero attached hydrogens (tertiary/aromatic N) is 1. The lowest BCUT2D eigenvalue weighted by Crippen LogP contribution is -2.44. The van der Waals surface area contributed by atoms with E-state index in [9.17, 15) is 26.0 Å². The fourth-order valence-electron chi connectivity index (χ4n) is 2.68. The highest BCUT2D eigenvalue weighted by Gasteiger charge is 2.37. The number of alkyl halides is 1. The summed E-state index contributed by atoms with van der Waals surface area (Å²) in [4.78, 5) is 11.9. The maximum absolute atomic E-state index is 14.7. The van der Waals surface area contributed by atoms with Gasteiger partial charge >= 0.3 is 6.09 Å². The summed E-state index contributed by atoms with van der Waals surface area (Å²) in [6.45, 7) is 0.0733. The number of rotatable bonds is 5. The Kier molecular flexibility index (Phi) is 5.43. The van der Waals surface area contributed by atoms with Crippen molar-refractivity contribution in [2.24, 2.45) is 0 Å². The van der Waals surface area contributed by atoms with Crippen LogP contribution in [-0.4, -0.2) is 63.7 Å². The lowest BCUT2D eigenvalue weighted by atomic mass is 9.91. The predicted molar refractivity (Wildman–Crippen MR) is 88.9 cm³/mol. The summed E-state index contributed by atoms with van der Waals surface area (Å²) in [5, 5.41) is 8.86. The Labute approximate surface area is 146 Å². The summed E-state index contributed by atoms with van der Waals surface area (Å²) in [6, 6.07) is 4.81. The number of carboxylic acid groups (broad SMARTS) is 1. The van der Waals surface area contributed by atoms with Gasteiger partial charge in [0.2, 0.25) is 0 Å². The van der Waals surface area contributed by atoms with Crippen LogP contribution in [0, 0.1) is 0 Å². The van der Waals surface area contributed by atoms with Crippen LogP contribution in [0.2, 0.25) is 0 Å². The monoisotopic (exact) mass is 393 g/mol. The molecule has 140 valence electrons. The first-order chi connectivity index (χ1) is 11.4. The lowest BCUT2D eigenvalue weighted by Gasteiger charge is -2.34. The van der Waals surface area contributed by atoms with Crippen LogP contribution in [0.3, 0.4) is 0 Å². The molecular formula is C15H20FNO6S2. The number of amides is 1. The number of likely N-dealkylation sites (tertiary alicyclic amines) is 1. The van der Waals surface area contributed by atoms with Crippen molar-refractivity contribution in [3.05, 3.63) is 24.3 Å². The molecule has 2 rings (SSSR count). The molecule has 25 heavy (non-hydrogen) atoms. The molecule has 1 aliphatic heterocycles. The van der Waals surface area contributed by atoms with Gasteiger partial charge in [-0.15, -0.1) is 0 Å². The molecule has 0 aromatic heterocycles. The molecule has 0 atom stereocenters. The molecule has 0 aliphatic carbocycles. The van der Waals surface area contributed by atoms with Crippen molar-refractivity contribution >= 4 is 25.8 Å². The van der Waals surface area contributed by atoms with Gasteiger partial charge in [0.05, 0.1) is 15.5 Å². The number of benzene rings is 1. The molecule has 0 spiro atoms. The normalized spacial score (nSPS) is 18.1. The third kappa shape index (κ3) is 4.91. The summed E-state index contributed by atoms with van der Waals surface area (Å²) in [6.07, 6.45) is -0.395. The van der Waals surface area contributed by atoms with E-state index >= 15 is 0 Å². The molecule has 1 fully saturated rings. The molecule has 1 saturated heterocycles. The second-order valence-electron chi connectivity index (χ2n) is 6.23. The summed E-state index contributed by atoms with van der Waals surface area (Å²) in [5.74, 6) is -0.422. The highest BCUT2D eigenvalue weighted by atomic mass is 32.2. The van der Waals surface area contributed by atoms with E-state index in [-0.39, 0.29) is 42.1 Å². The predicted octanol–water partition coefficient (Wildman–Crippen LogP) is 1.74. The van der Waals surface area contributed by atoms with Crippen LogP contribution in [0.25, 0.3) is 0 Å². The molecular weight excluding hydrogens is 373 g/mol. The number of halogens is 1. The highest BCUT2D eigenvalue weighted by Crippen LogP contribution is 2.31. The van der Waals surface area contributed by atoms with Crippen molar-refractivity contribution in [2.45, 2.75) is 34.7 Å². The molecule has 7 nitrogen and oxygen atoms in total. The molecule has 1 aromatic rings. The minimum atomic E-state index is -3.75. The Hall–Kier alpha value is -1.68. The Bertz CT molecular complexity index is 841. The Balaban J connectivity index is 2.03. The first-order valence-electron chi connectivity index (χ1n) is 7.63. The smallest absolute Gasteiger partial charge is 0.407 e. The average molecular weight is 393 g/mol. The summed E-state index contributed by atoms with van der Waals surface area (Å²) in [5.41, 5.74) is -1.72. The summed E-state index contributed by atoms with van der Waals surface area (Å²) in [7, 11) is -7.18. The lowest BCUT2D eigenvalue weighted by molar-refractivity contribution is 0.0549. The van der Waals surface area contributed by atoms with Gasteiger partial charge in [0, 0.05) is 19.3 Å². The SMILES string of the molecule is CS(=O)(=O)c1ccc(S(=O)(=O)CCC2(F)CCN(C(=O)O)CC2)cc1. The molecule has 1 amide bonds. The van der Waals surface area contributed by atoms with Crippen molar-refractivity contribution in [3.63, 3.8) is 0 Å². The third-order valence-corrected chi connectivity index (χ3v) is 7.22. The van der Waals surface area contributed by atoms with Gasteiger partial charge in [0.15, 0.2) is 19.7 Å². The molecule has 1 aliphatic rings. The number of piperidine rings is 1. The van der Waals surface area contributed by atoms with Crippen molar-refractivity contribution in [2.75, 3.05) is 25.1 Å². The van der Waals surface area contributed by atoms with Gasteiger partial charge in [-0.2, -0.15) is 0 Å². The van der Waals surface area contributed by atoms with Crippen LogP contribution in [0.5, 0.6) is 0 Å². The Morgan fingerprint density at radius 2 is 1.60 bits per heavy atom. The first-order valence-corrected chi connectivity index (χ1v) is 11.2. The fraction of sp³-hybridized carbons (Fsp3) is 0.533. The van der Waals surface area contributed by atoms with Crippen LogP contribution in [0.4, 0.5) is 9.18 Å². The molecule has 1 aromatic carbocycles.